The molecule has 0 aromatic heterocycles. The summed E-state index contributed by atoms with van der Waals surface area (Å²) in [6.07, 6.45) is -3.02. The van der Waals surface area contributed by atoms with Crippen LogP contribution < -0.4 is 0 Å². The molecule has 0 aliphatic heterocycles. The highest BCUT2D eigenvalue weighted by Gasteiger charge is 2.38. The molecule has 0 aliphatic carbocycles. The van der Waals surface area contributed by atoms with Crippen LogP contribution in [0.4, 0.5) is 8.78 Å². The minimum absolute atomic E-state index is 0.611. The highest BCUT2D eigenvalue weighted by molar-refractivity contribution is 8.33. The van der Waals surface area contributed by atoms with Gasteiger partial charge < -0.3 is 0 Å². The van der Waals surface area contributed by atoms with Crippen LogP contribution in [-0.2, 0) is 13.7 Å². The lowest BCUT2D eigenvalue weighted by Gasteiger charge is -2.39. The van der Waals surface area contributed by atoms with Crippen LogP contribution >= 0.6 is 10.3 Å². The van der Waals surface area contributed by atoms with E-state index in [0.29, 0.717) is 14.7 Å². The zero-order chi connectivity index (χ0) is 19.3. The van der Waals surface area contributed by atoms with Crippen LogP contribution in [0.1, 0.15) is 0 Å². The van der Waals surface area contributed by atoms with Gasteiger partial charge in [-0.3, -0.25) is 0 Å². The summed E-state index contributed by atoms with van der Waals surface area (Å²) in [5, 5.41) is 0. The molecule has 0 aliphatic rings. The van der Waals surface area contributed by atoms with Crippen molar-refractivity contribution in [2.24, 2.45) is 0 Å². The summed E-state index contributed by atoms with van der Waals surface area (Å²) in [7, 11) is -7.25. The quantitative estimate of drug-likeness (QED) is 0.519. The predicted molar refractivity (Wildman–Crippen MR) is 103 cm³/mol. The molecule has 0 unspecified atom stereocenters. The Morgan fingerprint density at radius 2 is 1.00 bits per heavy atom. The molecule has 0 atom stereocenters. The van der Waals surface area contributed by atoms with Crippen molar-refractivity contribution in [3.63, 3.8) is 0 Å². The third-order valence-electron chi connectivity index (χ3n) is 3.76. The zero-order valence-electron chi connectivity index (χ0n) is 14.2. The lowest BCUT2D eigenvalue weighted by atomic mass is 10.4. The first-order valence-electron chi connectivity index (χ1n) is 8.14. The van der Waals surface area contributed by atoms with Crippen LogP contribution in [0.3, 0.4) is 0 Å². The molecular weight excluding hydrogens is 390 g/mol. The Labute approximate surface area is 159 Å². The van der Waals surface area contributed by atoms with Gasteiger partial charge in [-0.25, -0.2) is 12.4 Å². The number of hydrogen-bond donors (Lipinski definition) is 0. The van der Waals surface area contributed by atoms with E-state index < -0.39 is 32.6 Å². The molecule has 0 amide bonds. The Kier molecular flexibility index (Phi) is 5.94. The van der Waals surface area contributed by atoms with Crippen molar-refractivity contribution in [2.75, 3.05) is 5.75 Å². The smallest absolute Gasteiger partial charge is 0.209 e. The molecule has 0 radical (unpaired) electrons. The average Bonchev–Trinajstić information content (AvgIpc) is 2.67. The summed E-state index contributed by atoms with van der Waals surface area (Å²) < 4.78 is 56.4. The molecule has 3 aromatic rings. The Morgan fingerprint density at radius 3 is 1.30 bits per heavy atom. The van der Waals surface area contributed by atoms with Gasteiger partial charge in [0.25, 0.3) is 16.5 Å². The third kappa shape index (κ3) is 4.37. The molecule has 3 aromatic carbocycles. The molecule has 0 saturated carbocycles. The van der Waals surface area contributed by atoms with Crippen LogP contribution in [0.5, 0.6) is 0 Å². The van der Waals surface area contributed by atoms with Gasteiger partial charge in [-0.15, -0.1) is 0 Å². The number of hydrogen-bond acceptors (Lipinski definition) is 3. The first-order valence-corrected chi connectivity index (χ1v) is 11.3. The molecule has 3 nitrogen and oxygen atoms in total. The molecule has 0 spiro atoms. The Morgan fingerprint density at radius 1 is 0.667 bits per heavy atom. The standard InChI is InChI=1S/C20H18F2O3S2/c21-20(22)16-26(23,24)25-27(17-10-4-1-5-11-17,18-12-6-2-7-13-18)19-14-8-3-9-15-19/h1-15,20H,16H2. The van der Waals surface area contributed by atoms with Gasteiger partial charge in [0.1, 0.15) is 5.75 Å². The van der Waals surface area contributed by atoms with Gasteiger partial charge in [-0.05, 0) is 46.7 Å². The molecule has 3 rings (SSSR count). The molecule has 0 bridgehead atoms. The van der Waals surface area contributed by atoms with Crippen LogP contribution in [-0.4, -0.2) is 20.6 Å². The second-order valence-corrected chi connectivity index (χ2v) is 10.2. The predicted octanol–water partition coefficient (Wildman–Crippen LogP) is 5.49. The van der Waals surface area contributed by atoms with Crippen molar-refractivity contribution < 1.29 is 20.8 Å². The topological polar surface area (TPSA) is 43.4 Å². The maximum absolute atomic E-state index is 12.9. The normalized spacial score (nSPS) is 12.9. The van der Waals surface area contributed by atoms with Crippen molar-refractivity contribution in [1.82, 2.24) is 0 Å². The SMILES string of the molecule is O=S(=O)(CC(F)F)OS(c1ccccc1)(c1ccccc1)c1ccccc1. The van der Waals surface area contributed by atoms with Crippen molar-refractivity contribution >= 4 is 20.4 Å². The second kappa shape index (κ2) is 8.21. The van der Waals surface area contributed by atoms with Crippen molar-refractivity contribution in [3.8, 4) is 0 Å². The van der Waals surface area contributed by atoms with Crippen molar-refractivity contribution in [3.05, 3.63) is 91.0 Å². The monoisotopic (exact) mass is 408 g/mol. The molecule has 0 N–H and O–H groups in total. The summed E-state index contributed by atoms with van der Waals surface area (Å²) in [5.74, 6) is -1.35. The largest absolute Gasteiger partial charge is 0.283 e. The third-order valence-corrected chi connectivity index (χ3v) is 8.88. The van der Waals surface area contributed by atoms with Gasteiger partial charge in [0.05, 0.1) is 0 Å². The summed E-state index contributed by atoms with van der Waals surface area (Å²) in [4.78, 5) is 1.83. The number of benzene rings is 3. The van der Waals surface area contributed by atoms with Gasteiger partial charge in [0.2, 0.25) is 0 Å². The zero-order valence-corrected chi connectivity index (χ0v) is 15.9. The van der Waals surface area contributed by atoms with Crippen LogP contribution in [0, 0.1) is 0 Å². The van der Waals surface area contributed by atoms with E-state index in [2.05, 4.69) is 0 Å². The number of halogens is 2. The van der Waals surface area contributed by atoms with Crippen LogP contribution in [0.2, 0.25) is 0 Å². The summed E-state index contributed by atoms with van der Waals surface area (Å²) in [5.41, 5.74) is 0. The van der Waals surface area contributed by atoms with Gasteiger partial charge in [-0.2, -0.15) is 8.42 Å². The van der Waals surface area contributed by atoms with Gasteiger partial charge in [-0.1, -0.05) is 54.6 Å². The fourth-order valence-electron chi connectivity index (χ4n) is 2.70. The second-order valence-electron chi connectivity index (χ2n) is 5.68. The van der Waals surface area contributed by atoms with E-state index in [1.165, 1.54) is 0 Å². The van der Waals surface area contributed by atoms with Gasteiger partial charge >= 0.3 is 0 Å². The van der Waals surface area contributed by atoms with Crippen molar-refractivity contribution in [1.29, 1.82) is 0 Å². The van der Waals surface area contributed by atoms with Crippen LogP contribution in [0.25, 0.3) is 0 Å². The minimum Gasteiger partial charge on any atom is -0.209 e. The Bertz CT molecular complexity index is 867. The van der Waals surface area contributed by atoms with E-state index >= 15 is 0 Å². The summed E-state index contributed by atoms with van der Waals surface area (Å²) in [6.45, 7) is 0. The Balaban J connectivity index is 2.30. The van der Waals surface area contributed by atoms with Crippen molar-refractivity contribution in [2.45, 2.75) is 21.1 Å². The molecule has 27 heavy (non-hydrogen) atoms. The minimum atomic E-state index is -4.50. The van der Waals surface area contributed by atoms with Gasteiger partial charge in [0, 0.05) is 14.7 Å². The van der Waals surface area contributed by atoms with E-state index in [4.69, 9.17) is 3.63 Å². The summed E-state index contributed by atoms with van der Waals surface area (Å²) in [6, 6.07) is 26.6. The molecule has 0 heterocycles. The van der Waals surface area contributed by atoms with E-state index in [1.807, 2.05) is 0 Å². The fourth-order valence-corrected chi connectivity index (χ4v) is 7.86. The van der Waals surface area contributed by atoms with E-state index in [1.54, 1.807) is 91.0 Å². The molecule has 142 valence electrons. The first-order chi connectivity index (χ1) is 12.9. The molecular formula is C20H18F2O3S2. The molecule has 7 heteroatoms. The molecule has 0 saturated heterocycles. The first kappa shape index (κ1) is 19.5. The van der Waals surface area contributed by atoms with E-state index in [9.17, 15) is 17.2 Å². The van der Waals surface area contributed by atoms with Crippen LogP contribution in [0.15, 0.2) is 106 Å². The fraction of sp³-hybridized carbons (Fsp3) is 0.100. The summed E-state index contributed by atoms with van der Waals surface area (Å²) >= 11 is 0. The highest BCUT2D eigenvalue weighted by Crippen LogP contribution is 2.69. The van der Waals surface area contributed by atoms with E-state index in [-0.39, 0.29) is 0 Å². The number of alkyl halides is 2. The number of rotatable bonds is 7. The maximum Gasteiger partial charge on any atom is 0.283 e. The Hall–Kier alpha value is -2.22. The lowest BCUT2D eigenvalue weighted by molar-refractivity contribution is 0.172. The average molecular weight is 408 g/mol. The lowest BCUT2D eigenvalue weighted by Crippen LogP contribution is -2.20. The maximum atomic E-state index is 12.9. The van der Waals surface area contributed by atoms with E-state index in [0.717, 1.165) is 0 Å². The molecule has 0 fully saturated rings. The highest BCUT2D eigenvalue weighted by atomic mass is 32.3. The van der Waals surface area contributed by atoms with Gasteiger partial charge in [0.15, 0.2) is 0 Å².